The number of hydrogen-bond donors (Lipinski definition) is 1. The van der Waals surface area contributed by atoms with Crippen LogP contribution in [0.25, 0.3) is 0 Å². The van der Waals surface area contributed by atoms with Crippen LogP contribution in [0.15, 0.2) is 30.3 Å². The standard InChI is InChI=1S/C24H38N2O4S/c1-18(2)21-11-13-22(14-12-21)30-16-24-23(10-7-15-26(24)19(3)27)25-31(28,29)17-20-8-5-4-6-9-20/h4-6,8-9,18,21-25H,7,10-17H2,1-3H3/t21?,22?,23-,24-/m0/s1. The van der Waals surface area contributed by atoms with E-state index in [-0.39, 0.29) is 29.8 Å². The molecule has 0 unspecified atom stereocenters. The van der Waals surface area contributed by atoms with Crippen molar-refractivity contribution < 1.29 is 17.9 Å². The lowest BCUT2D eigenvalue weighted by atomic mass is 9.80. The topological polar surface area (TPSA) is 75.7 Å². The van der Waals surface area contributed by atoms with E-state index in [2.05, 4.69) is 18.6 Å². The largest absolute Gasteiger partial charge is 0.376 e. The van der Waals surface area contributed by atoms with Crippen LogP contribution in [0, 0.1) is 11.8 Å². The number of nitrogens with one attached hydrogen (secondary N) is 1. The van der Waals surface area contributed by atoms with Gasteiger partial charge in [0.25, 0.3) is 0 Å². The summed E-state index contributed by atoms with van der Waals surface area (Å²) in [5, 5.41) is 0. The van der Waals surface area contributed by atoms with Gasteiger partial charge in [-0.25, -0.2) is 13.1 Å². The van der Waals surface area contributed by atoms with Crippen molar-refractivity contribution in [3.8, 4) is 0 Å². The molecule has 1 saturated carbocycles. The van der Waals surface area contributed by atoms with Crippen LogP contribution in [0.5, 0.6) is 0 Å². The number of carbonyl (C=O) groups is 1. The number of rotatable bonds is 8. The summed E-state index contributed by atoms with van der Waals surface area (Å²) in [5.74, 6) is 1.39. The predicted molar refractivity (Wildman–Crippen MR) is 123 cm³/mol. The van der Waals surface area contributed by atoms with Gasteiger partial charge in [0.1, 0.15) is 0 Å². The molecule has 0 bridgehead atoms. The number of carbonyl (C=O) groups excluding carboxylic acids is 1. The highest BCUT2D eigenvalue weighted by Crippen LogP contribution is 2.32. The maximum absolute atomic E-state index is 12.8. The summed E-state index contributed by atoms with van der Waals surface area (Å²) >= 11 is 0. The highest BCUT2D eigenvalue weighted by atomic mass is 32.2. The summed E-state index contributed by atoms with van der Waals surface area (Å²) in [7, 11) is -3.52. The average Bonchev–Trinajstić information content (AvgIpc) is 2.73. The number of piperidine rings is 1. The molecule has 174 valence electrons. The number of hydrogen-bond acceptors (Lipinski definition) is 4. The van der Waals surface area contributed by atoms with Gasteiger partial charge in [0.15, 0.2) is 0 Å². The van der Waals surface area contributed by atoms with Gasteiger partial charge in [-0.2, -0.15) is 0 Å². The van der Waals surface area contributed by atoms with Crippen LogP contribution in [-0.2, 0) is 25.3 Å². The van der Waals surface area contributed by atoms with Crippen LogP contribution in [-0.4, -0.2) is 50.6 Å². The van der Waals surface area contributed by atoms with E-state index < -0.39 is 10.0 Å². The Bertz CT molecular complexity index is 804. The van der Waals surface area contributed by atoms with Gasteiger partial charge in [0.05, 0.1) is 24.5 Å². The molecule has 1 heterocycles. The third kappa shape index (κ3) is 7.02. The molecule has 1 aromatic carbocycles. The molecule has 1 aliphatic heterocycles. The second-order valence-electron chi connectivity index (χ2n) is 9.51. The SMILES string of the molecule is CC(=O)N1CCC[C@H](NS(=O)(=O)Cc2ccccc2)[C@@H]1COC1CCC(C(C)C)CC1. The van der Waals surface area contributed by atoms with Crippen LogP contribution < -0.4 is 4.72 Å². The van der Waals surface area contributed by atoms with Crippen LogP contribution >= 0.6 is 0 Å². The molecular weight excluding hydrogens is 412 g/mol. The number of ether oxygens (including phenoxy) is 1. The van der Waals surface area contributed by atoms with Crippen molar-refractivity contribution in [3.05, 3.63) is 35.9 Å². The van der Waals surface area contributed by atoms with Gasteiger partial charge in [0, 0.05) is 19.5 Å². The van der Waals surface area contributed by atoms with E-state index in [4.69, 9.17) is 4.74 Å². The molecule has 2 atom stereocenters. The zero-order valence-electron chi connectivity index (χ0n) is 19.1. The number of sulfonamides is 1. The summed E-state index contributed by atoms with van der Waals surface area (Å²) in [5.41, 5.74) is 0.754. The first-order valence-electron chi connectivity index (χ1n) is 11.7. The van der Waals surface area contributed by atoms with Crippen molar-refractivity contribution in [1.82, 2.24) is 9.62 Å². The minimum atomic E-state index is -3.52. The number of nitrogens with zero attached hydrogens (tertiary/aromatic N) is 1. The Morgan fingerprint density at radius 1 is 1.13 bits per heavy atom. The molecule has 0 radical (unpaired) electrons. The zero-order chi connectivity index (χ0) is 22.4. The molecule has 1 saturated heterocycles. The maximum Gasteiger partial charge on any atom is 0.219 e. The zero-order valence-corrected chi connectivity index (χ0v) is 19.9. The third-order valence-corrected chi connectivity index (χ3v) is 8.25. The van der Waals surface area contributed by atoms with Crippen LogP contribution in [0.1, 0.15) is 64.9 Å². The molecule has 3 rings (SSSR count). The Morgan fingerprint density at radius 2 is 1.81 bits per heavy atom. The van der Waals surface area contributed by atoms with E-state index in [0.29, 0.717) is 25.5 Å². The van der Waals surface area contributed by atoms with E-state index in [1.807, 2.05) is 30.3 Å². The van der Waals surface area contributed by atoms with Crippen LogP contribution in [0.2, 0.25) is 0 Å². The van der Waals surface area contributed by atoms with E-state index in [9.17, 15) is 13.2 Å². The fourth-order valence-corrected chi connectivity index (χ4v) is 6.46. The monoisotopic (exact) mass is 450 g/mol. The lowest BCUT2D eigenvalue weighted by molar-refractivity contribution is -0.136. The first-order chi connectivity index (χ1) is 14.7. The van der Waals surface area contributed by atoms with Gasteiger partial charge in [-0.3, -0.25) is 4.79 Å². The smallest absolute Gasteiger partial charge is 0.219 e. The number of benzene rings is 1. The van der Waals surface area contributed by atoms with Crippen LogP contribution in [0.3, 0.4) is 0 Å². The predicted octanol–water partition coefficient (Wildman–Crippen LogP) is 3.72. The minimum Gasteiger partial charge on any atom is -0.376 e. The fourth-order valence-electron chi connectivity index (χ4n) is 5.01. The quantitative estimate of drug-likeness (QED) is 0.655. The van der Waals surface area contributed by atoms with Crippen molar-refractivity contribution in [2.75, 3.05) is 13.2 Å². The molecule has 1 aromatic rings. The van der Waals surface area contributed by atoms with Gasteiger partial charge in [-0.15, -0.1) is 0 Å². The summed E-state index contributed by atoms with van der Waals surface area (Å²) in [6.45, 7) is 7.16. The Morgan fingerprint density at radius 3 is 2.42 bits per heavy atom. The minimum absolute atomic E-state index is 0.0240. The molecule has 2 aliphatic rings. The summed E-state index contributed by atoms with van der Waals surface area (Å²) in [6.07, 6.45) is 6.14. The molecular formula is C24H38N2O4S. The molecule has 1 amide bonds. The van der Waals surface area contributed by atoms with Crippen molar-refractivity contribution >= 4 is 15.9 Å². The first-order valence-corrected chi connectivity index (χ1v) is 13.3. The molecule has 1 aliphatic carbocycles. The van der Waals surface area contributed by atoms with Crippen molar-refractivity contribution in [2.45, 2.75) is 83.2 Å². The summed E-state index contributed by atoms with van der Waals surface area (Å²) in [6, 6.07) is 8.60. The average molecular weight is 451 g/mol. The summed E-state index contributed by atoms with van der Waals surface area (Å²) in [4.78, 5) is 14.1. The molecule has 0 spiro atoms. The second kappa shape index (κ2) is 10.9. The number of amides is 1. The van der Waals surface area contributed by atoms with Crippen LogP contribution in [0.4, 0.5) is 0 Å². The lowest BCUT2D eigenvalue weighted by Gasteiger charge is -2.42. The molecule has 2 fully saturated rings. The molecule has 0 aromatic heterocycles. The molecule has 6 nitrogen and oxygen atoms in total. The second-order valence-corrected chi connectivity index (χ2v) is 11.3. The van der Waals surface area contributed by atoms with Gasteiger partial charge < -0.3 is 9.64 Å². The van der Waals surface area contributed by atoms with E-state index in [1.54, 1.807) is 11.8 Å². The lowest BCUT2D eigenvalue weighted by Crippen LogP contribution is -2.58. The molecule has 31 heavy (non-hydrogen) atoms. The molecule has 1 N–H and O–H groups in total. The number of likely N-dealkylation sites (tertiary alicyclic amines) is 1. The Hall–Kier alpha value is -1.44. The Labute approximate surface area is 187 Å². The van der Waals surface area contributed by atoms with Gasteiger partial charge in [0.2, 0.25) is 15.9 Å². The van der Waals surface area contributed by atoms with Gasteiger partial charge in [-0.1, -0.05) is 44.2 Å². The highest BCUT2D eigenvalue weighted by molar-refractivity contribution is 7.88. The Balaban J connectivity index is 1.63. The molecule has 7 heteroatoms. The Kier molecular flexibility index (Phi) is 8.53. The summed E-state index contributed by atoms with van der Waals surface area (Å²) < 4.78 is 34.8. The van der Waals surface area contributed by atoms with Crippen molar-refractivity contribution in [1.29, 1.82) is 0 Å². The van der Waals surface area contributed by atoms with Crippen molar-refractivity contribution in [2.24, 2.45) is 11.8 Å². The van der Waals surface area contributed by atoms with E-state index in [0.717, 1.165) is 30.7 Å². The highest BCUT2D eigenvalue weighted by Gasteiger charge is 2.36. The van der Waals surface area contributed by atoms with E-state index >= 15 is 0 Å². The maximum atomic E-state index is 12.8. The van der Waals surface area contributed by atoms with Crippen molar-refractivity contribution in [3.63, 3.8) is 0 Å². The van der Waals surface area contributed by atoms with Gasteiger partial charge >= 0.3 is 0 Å². The van der Waals surface area contributed by atoms with Gasteiger partial charge in [-0.05, 0) is 55.9 Å². The van der Waals surface area contributed by atoms with E-state index in [1.165, 1.54) is 12.8 Å². The fraction of sp³-hybridized carbons (Fsp3) is 0.708. The first kappa shape index (κ1) is 24.2. The normalized spacial score (nSPS) is 27.4. The third-order valence-electron chi connectivity index (χ3n) is 6.88.